The van der Waals surface area contributed by atoms with E-state index >= 15 is 0 Å². The highest BCUT2D eigenvalue weighted by Gasteiger charge is 2.36. The Kier molecular flexibility index (Phi) is 5.26. The van der Waals surface area contributed by atoms with Crippen LogP contribution >= 0.6 is 11.8 Å². The monoisotopic (exact) mass is 417 g/mol. The lowest BCUT2D eigenvalue weighted by molar-refractivity contribution is -0.113. The number of benzene rings is 2. The first-order valence-electron chi connectivity index (χ1n) is 9.66. The summed E-state index contributed by atoms with van der Waals surface area (Å²) in [4.78, 5) is 29.1. The van der Waals surface area contributed by atoms with Crippen LogP contribution in [0.25, 0.3) is 11.8 Å². The summed E-state index contributed by atoms with van der Waals surface area (Å²) in [5.41, 5.74) is 5.82. The minimum absolute atomic E-state index is 0.273. The predicted octanol–water partition coefficient (Wildman–Crippen LogP) is 5.40. The van der Waals surface area contributed by atoms with Crippen molar-refractivity contribution in [2.45, 2.75) is 13.8 Å². The highest BCUT2D eigenvalue weighted by Crippen LogP contribution is 2.36. The molecule has 30 heavy (non-hydrogen) atoms. The summed E-state index contributed by atoms with van der Waals surface area (Å²) < 4.78 is 2.16. The maximum atomic E-state index is 12.9. The Labute approximate surface area is 180 Å². The van der Waals surface area contributed by atoms with Crippen molar-refractivity contribution in [1.29, 1.82) is 0 Å². The third-order valence-electron chi connectivity index (χ3n) is 5.19. The van der Waals surface area contributed by atoms with Gasteiger partial charge in [0.1, 0.15) is 0 Å². The van der Waals surface area contributed by atoms with Crippen LogP contribution in [0.1, 0.15) is 17.0 Å². The van der Waals surface area contributed by atoms with Gasteiger partial charge in [0.15, 0.2) is 0 Å². The molecule has 2 amide bonds. The van der Waals surface area contributed by atoms with Crippen LogP contribution in [-0.2, 0) is 4.79 Å². The number of aromatic nitrogens is 1. The van der Waals surface area contributed by atoms with E-state index in [9.17, 15) is 9.59 Å². The van der Waals surface area contributed by atoms with Crippen molar-refractivity contribution in [2.75, 3.05) is 23.9 Å². The van der Waals surface area contributed by atoms with E-state index in [2.05, 4.69) is 33.7 Å². The average Bonchev–Trinajstić information content (AvgIpc) is 3.17. The first-order valence-corrected chi connectivity index (χ1v) is 10.5. The molecule has 5 nitrogen and oxygen atoms in total. The van der Waals surface area contributed by atoms with Gasteiger partial charge in [0, 0.05) is 36.9 Å². The number of amides is 2. The Bertz CT molecular complexity index is 1150. The molecule has 2 heterocycles. The molecule has 4 rings (SSSR count). The van der Waals surface area contributed by atoms with Gasteiger partial charge in [-0.3, -0.25) is 9.59 Å². The van der Waals surface area contributed by atoms with Gasteiger partial charge in [-0.1, -0.05) is 18.2 Å². The van der Waals surface area contributed by atoms with E-state index < -0.39 is 0 Å². The maximum absolute atomic E-state index is 12.9. The van der Waals surface area contributed by atoms with Crippen LogP contribution in [0, 0.1) is 13.8 Å². The molecular formula is C24H23N3O2S. The van der Waals surface area contributed by atoms with Crippen LogP contribution in [0.3, 0.4) is 0 Å². The van der Waals surface area contributed by atoms with Gasteiger partial charge in [-0.25, -0.2) is 4.90 Å². The van der Waals surface area contributed by atoms with Crippen LogP contribution in [0.4, 0.5) is 16.2 Å². The minimum Gasteiger partial charge on any atom is -0.378 e. The Morgan fingerprint density at radius 3 is 2.20 bits per heavy atom. The number of imide groups is 1. The molecule has 0 atom stereocenters. The summed E-state index contributed by atoms with van der Waals surface area (Å²) in [5.74, 6) is -0.281. The number of carbonyl (C=O) groups excluding carboxylic acids is 2. The number of nitrogens with zero attached hydrogens (tertiary/aromatic N) is 3. The molecule has 0 spiro atoms. The zero-order valence-electron chi connectivity index (χ0n) is 17.4. The van der Waals surface area contributed by atoms with Gasteiger partial charge in [0.05, 0.1) is 10.6 Å². The average molecular weight is 418 g/mol. The Hall–Kier alpha value is -3.25. The van der Waals surface area contributed by atoms with E-state index in [1.165, 1.54) is 4.90 Å². The third-order valence-corrected chi connectivity index (χ3v) is 6.06. The van der Waals surface area contributed by atoms with Crippen LogP contribution in [0.5, 0.6) is 0 Å². The van der Waals surface area contributed by atoms with Gasteiger partial charge in [-0.2, -0.15) is 0 Å². The van der Waals surface area contributed by atoms with Gasteiger partial charge >= 0.3 is 0 Å². The van der Waals surface area contributed by atoms with Crippen molar-refractivity contribution in [3.8, 4) is 5.69 Å². The Morgan fingerprint density at radius 2 is 1.57 bits per heavy atom. The number of aryl methyl sites for hydroxylation is 1. The summed E-state index contributed by atoms with van der Waals surface area (Å²) in [6.07, 6.45) is 1.82. The number of hydrogen-bond donors (Lipinski definition) is 0. The molecule has 0 unspecified atom stereocenters. The molecule has 0 bridgehead atoms. The van der Waals surface area contributed by atoms with Crippen molar-refractivity contribution in [1.82, 2.24) is 4.57 Å². The van der Waals surface area contributed by atoms with Crippen molar-refractivity contribution < 1.29 is 9.59 Å². The molecule has 0 aliphatic carbocycles. The van der Waals surface area contributed by atoms with Gasteiger partial charge < -0.3 is 9.47 Å². The Morgan fingerprint density at radius 1 is 0.900 bits per heavy atom. The Balaban J connectivity index is 1.67. The van der Waals surface area contributed by atoms with Gasteiger partial charge in [0.25, 0.3) is 11.1 Å². The van der Waals surface area contributed by atoms with Crippen LogP contribution in [-0.4, -0.2) is 29.8 Å². The second-order valence-corrected chi connectivity index (χ2v) is 8.42. The number of para-hydroxylation sites is 1. The number of rotatable bonds is 4. The fraction of sp³-hybridized carbons (Fsp3) is 0.167. The number of thioether (sulfide) groups is 1. The van der Waals surface area contributed by atoms with E-state index in [1.807, 2.05) is 58.3 Å². The van der Waals surface area contributed by atoms with E-state index in [0.717, 1.165) is 40.1 Å². The molecule has 6 heteroatoms. The molecule has 1 aromatic heterocycles. The van der Waals surface area contributed by atoms with E-state index in [0.29, 0.717) is 10.6 Å². The lowest BCUT2D eigenvalue weighted by atomic mass is 10.2. The summed E-state index contributed by atoms with van der Waals surface area (Å²) in [5, 5.41) is -0.273. The summed E-state index contributed by atoms with van der Waals surface area (Å²) in [6, 6.07) is 19.4. The summed E-state index contributed by atoms with van der Waals surface area (Å²) in [6.45, 7) is 4.07. The van der Waals surface area contributed by atoms with E-state index in [-0.39, 0.29) is 11.1 Å². The molecule has 2 aromatic carbocycles. The minimum atomic E-state index is -0.281. The summed E-state index contributed by atoms with van der Waals surface area (Å²) >= 11 is 0.980. The SMILES string of the molecule is Cc1cc(/C=C2\SC(=O)N(c3ccccc3)C2=O)c(C)n1-c1ccc(N(C)C)cc1. The summed E-state index contributed by atoms with van der Waals surface area (Å²) in [7, 11) is 4.03. The zero-order valence-corrected chi connectivity index (χ0v) is 18.2. The fourth-order valence-electron chi connectivity index (χ4n) is 3.64. The van der Waals surface area contributed by atoms with Gasteiger partial charge in [-0.05, 0) is 79.7 Å². The zero-order chi connectivity index (χ0) is 21.4. The highest BCUT2D eigenvalue weighted by molar-refractivity contribution is 8.19. The smallest absolute Gasteiger partial charge is 0.298 e. The largest absolute Gasteiger partial charge is 0.378 e. The first kappa shape index (κ1) is 20.0. The highest BCUT2D eigenvalue weighted by atomic mass is 32.2. The van der Waals surface area contributed by atoms with Crippen molar-refractivity contribution in [3.05, 3.63) is 82.5 Å². The molecule has 3 aromatic rings. The third kappa shape index (κ3) is 3.55. The van der Waals surface area contributed by atoms with Crippen LogP contribution in [0.15, 0.2) is 65.6 Å². The fourth-order valence-corrected chi connectivity index (χ4v) is 4.47. The van der Waals surface area contributed by atoms with Crippen molar-refractivity contribution in [2.24, 2.45) is 0 Å². The number of hydrogen-bond acceptors (Lipinski definition) is 4. The van der Waals surface area contributed by atoms with Gasteiger partial charge in [0.2, 0.25) is 0 Å². The first-order chi connectivity index (χ1) is 14.4. The molecule has 0 radical (unpaired) electrons. The number of carbonyl (C=O) groups is 2. The predicted molar refractivity (Wildman–Crippen MR) is 124 cm³/mol. The molecular weight excluding hydrogens is 394 g/mol. The van der Waals surface area contributed by atoms with E-state index in [1.54, 1.807) is 12.1 Å². The molecule has 1 saturated heterocycles. The second kappa shape index (κ2) is 7.88. The molecule has 1 fully saturated rings. The molecule has 1 aliphatic rings. The lowest BCUT2D eigenvalue weighted by Crippen LogP contribution is -2.27. The van der Waals surface area contributed by atoms with E-state index in [4.69, 9.17) is 0 Å². The van der Waals surface area contributed by atoms with Crippen molar-refractivity contribution >= 4 is 40.4 Å². The van der Waals surface area contributed by atoms with Gasteiger partial charge in [-0.15, -0.1) is 0 Å². The topological polar surface area (TPSA) is 45.6 Å². The maximum Gasteiger partial charge on any atom is 0.298 e. The standard InChI is InChI=1S/C24H23N3O2S/c1-16-14-18(17(2)26(16)21-12-10-19(11-13-21)25(3)4)15-22-23(28)27(24(29)30-22)20-8-6-5-7-9-20/h5-15H,1-4H3/b22-15-. The lowest BCUT2D eigenvalue weighted by Gasteiger charge is -2.15. The molecule has 0 saturated carbocycles. The van der Waals surface area contributed by atoms with Crippen molar-refractivity contribution in [3.63, 3.8) is 0 Å². The molecule has 0 N–H and O–H groups in total. The van der Waals surface area contributed by atoms with Crippen LogP contribution < -0.4 is 9.80 Å². The number of anilines is 2. The molecule has 1 aliphatic heterocycles. The van der Waals surface area contributed by atoms with Crippen LogP contribution in [0.2, 0.25) is 0 Å². The second-order valence-electron chi connectivity index (χ2n) is 7.43. The normalized spacial score (nSPS) is 15.3. The molecule has 152 valence electrons. The quantitative estimate of drug-likeness (QED) is 0.533.